The average Bonchev–Trinajstić information content (AvgIpc) is 1.79. The lowest BCUT2D eigenvalue weighted by Gasteiger charge is -1.88. The van der Waals surface area contributed by atoms with Crippen LogP contribution in [0.15, 0.2) is 10.2 Å². The lowest BCUT2D eigenvalue weighted by Crippen LogP contribution is -1.95. The summed E-state index contributed by atoms with van der Waals surface area (Å²) >= 11 is 0. The summed E-state index contributed by atoms with van der Waals surface area (Å²) in [6, 6.07) is 0. The summed E-state index contributed by atoms with van der Waals surface area (Å²) in [5.41, 5.74) is 0.984. The highest BCUT2D eigenvalue weighted by molar-refractivity contribution is 5.81. The molecule has 0 unspecified atom stereocenters. The second kappa shape index (κ2) is 4.78. The molecule has 0 saturated carbocycles. The van der Waals surface area contributed by atoms with Crippen molar-refractivity contribution in [2.45, 2.75) is 13.8 Å². The Kier molecular flexibility index (Phi) is 4.28. The minimum absolute atomic E-state index is 0.354. The maximum atomic E-state index is 6.97. The van der Waals surface area contributed by atoms with Gasteiger partial charge in [0.05, 0.1) is 13.1 Å². The van der Waals surface area contributed by atoms with Gasteiger partial charge in [0.2, 0.25) is 0 Å². The molecule has 0 spiro atoms. The summed E-state index contributed by atoms with van der Waals surface area (Å²) in [6.07, 6.45) is 0. The first-order chi connectivity index (χ1) is 4.63. The van der Waals surface area contributed by atoms with Gasteiger partial charge >= 0.3 is 0 Å². The number of hydrogen-bond acceptors (Lipinski definition) is 4. The van der Waals surface area contributed by atoms with Crippen LogP contribution in [0.1, 0.15) is 13.8 Å². The second-order valence-corrected chi connectivity index (χ2v) is 2.16. The van der Waals surface area contributed by atoms with Gasteiger partial charge in [-0.05, 0) is 13.8 Å². The highest BCUT2D eigenvalue weighted by atomic mass is 15.1. The van der Waals surface area contributed by atoms with Crippen molar-refractivity contribution in [1.82, 2.24) is 0 Å². The summed E-state index contributed by atoms with van der Waals surface area (Å²) in [5, 5.41) is 21.3. The Balaban J connectivity index is 3.38. The topological polar surface area (TPSA) is 72.4 Å². The van der Waals surface area contributed by atoms with E-state index in [9.17, 15) is 0 Å². The van der Waals surface area contributed by atoms with Gasteiger partial charge < -0.3 is 10.8 Å². The zero-order valence-corrected chi connectivity index (χ0v) is 6.31. The van der Waals surface area contributed by atoms with E-state index < -0.39 is 0 Å². The molecular weight excluding hydrogens is 128 g/mol. The highest BCUT2D eigenvalue weighted by Crippen LogP contribution is 1.79. The number of azo groups is 1. The monoisotopic (exact) mass is 140 g/mol. The molecule has 0 saturated heterocycles. The van der Waals surface area contributed by atoms with Gasteiger partial charge in [0, 0.05) is 11.4 Å². The van der Waals surface area contributed by atoms with E-state index in [1.807, 2.05) is 0 Å². The van der Waals surface area contributed by atoms with Crippen LogP contribution in [-0.2, 0) is 0 Å². The van der Waals surface area contributed by atoms with E-state index in [0.29, 0.717) is 24.5 Å². The molecule has 0 aliphatic rings. The molecule has 0 aromatic heterocycles. The zero-order valence-electron chi connectivity index (χ0n) is 6.31. The van der Waals surface area contributed by atoms with Crippen molar-refractivity contribution in [3.8, 4) is 0 Å². The summed E-state index contributed by atoms with van der Waals surface area (Å²) in [6.45, 7) is 4.06. The SMILES string of the molecule is CC(=N)CN=NCC(C)=N. The van der Waals surface area contributed by atoms with Crippen molar-refractivity contribution in [3.05, 3.63) is 0 Å². The molecule has 0 heterocycles. The van der Waals surface area contributed by atoms with E-state index in [1.165, 1.54) is 0 Å². The Morgan fingerprint density at radius 1 is 1.00 bits per heavy atom. The maximum absolute atomic E-state index is 6.97. The normalized spacial score (nSPS) is 10.2. The summed E-state index contributed by atoms with van der Waals surface area (Å²) in [4.78, 5) is 0. The fourth-order valence-corrected chi connectivity index (χ4v) is 0.312. The molecule has 0 amide bonds. The molecule has 0 atom stereocenters. The van der Waals surface area contributed by atoms with E-state index in [1.54, 1.807) is 13.8 Å². The Morgan fingerprint density at radius 2 is 1.30 bits per heavy atom. The van der Waals surface area contributed by atoms with Crippen LogP contribution in [0.3, 0.4) is 0 Å². The Morgan fingerprint density at radius 3 is 1.50 bits per heavy atom. The maximum Gasteiger partial charge on any atom is 0.0971 e. The quantitative estimate of drug-likeness (QED) is 0.439. The molecule has 2 N–H and O–H groups in total. The van der Waals surface area contributed by atoms with Gasteiger partial charge in [0.25, 0.3) is 0 Å². The second-order valence-electron chi connectivity index (χ2n) is 2.16. The molecular formula is C6H12N4. The first-order valence-corrected chi connectivity index (χ1v) is 3.04. The first-order valence-electron chi connectivity index (χ1n) is 3.04. The molecule has 0 fully saturated rings. The summed E-state index contributed by atoms with van der Waals surface area (Å²) in [5.74, 6) is 0. The number of nitrogens with one attached hydrogen (secondary N) is 2. The fourth-order valence-electron chi connectivity index (χ4n) is 0.312. The van der Waals surface area contributed by atoms with Crippen molar-refractivity contribution in [2.24, 2.45) is 10.2 Å². The summed E-state index contributed by atoms with van der Waals surface area (Å²) in [7, 11) is 0. The molecule has 0 rings (SSSR count). The molecule has 4 nitrogen and oxygen atoms in total. The van der Waals surface area contributed by atoms with Crippen molar-refractivity contribution in [1.29, 1.82) is 10.8 Å². The van der Waals surface area contributed by atoms with Crippen molar-refractivity contribution < 1.29 is 0 Å². The number of nitrogens with zero attached hydrogens (tertiary/aromatic N) is 2. The van der Waals surface area contributed by atoms with Gasteiger partial charge in [0.15, 0.2) is 0 Å². The van der Waals surface area contributed by atoms with Gasteiger partial charge in [-0.1, -0.05) is 0 Å². The predicted molar refractivity (Wildman–Crippen MR) is 41.4 cm³/mol. The Labute approximate surface area is 60.4 Å². The first kappa shape index (κ1) is 8.94. The Hall–Kier alpha value is -1.06. The minimum Gasteiger partial charge on any atom is -0.308 e. The molecule has 0 aromatic carbocycles. The lowest BCUT2D eigenvalue weighted by atomic mass is 10.4. The van der Waals surface area contributed by atoms with E-state index in [4.69, 9.17) is 10.8 Å². The van der Waals surface area contributed by atoms with Gasteiger partial charge in [-0.2, -0.15) is 10.2 Å². The van der Waals surface area contributed by atoms with Gasteiger partial charge in [-0.15, -0.1) is 0 Å². The third kappa shape index (κ3) is 6.94. The van der Waals surface area contributed by atoms with E-state index in [2.05, 4.69) is 10.2 Å². The molecule has 0 aliphatic carbocycles. The molecule has 0 aliphatic heterocycles. The molecule has 4 heteroatoms. The van der Waals surface area contributed by atoms with Crippen molar-refractivity contribution in [2.75, 3.05) is 13.1 Å². The van der Waals surface area contributed by atoms with Gasteiger partial charge in [-0.25, -0.2) is 0 Å². The van der Waals surface area contributed by atoms with E-state index in [0.717, 1.165) is 0 Å². The zero-order chi connectivity index (χ0) is 7.98. The smallest absolute Gasteiger partial charge is 0.0971 e. The fraction of sp³-hybridized carbons (Fsp3) is 0.667. The molecule has 0 radical (unpaired) electrons. The molecule has 0 aromatic rings. The Bertz CT molecular complexity index is 141. The minimum atomic E-state index is 0.354. The standard InChI is InChI=1S/C6H12N4/c1-5(7)3-9-10-4-6(2)8/h7-8H,3-4H2,1-2H3. The van der Waals surface area contributed by atoms with Gasteiger partial charge in [-0.3, -0.25) is 0 Å². The number of hydrogen-bond donors (Lipinski definition) is 2. The predicted octanol–water partition coefficient (Wildman–Crippen LogP) is 1.52. The van der Waals surface area contributed by atoms with Crippen LogP contribution in [0.2, 0.25) is 0 Å². The van der Waals surface area contributed by atoms with Crippen LogP contribution in [0.25, 0.3) is 0 Å². The van der Waals surface area contributed by atoms with Crippen LogP contribution >= 0.6 is 0 Å². The molecule has 10 heavy (non-hydrogen) atoms. The summed E-state index contributed by atoms with van der Waals surface area (Å²) < 4.78 is 0. The van der Waals surface area contributed by atoms with E-state index >= 15 is 0 Å². The van der Waals surface area contributed by atoms with Crippen LogP contribution in [0.5, 0.6) is 0 Å². The highest BCUT2D eigenvalue weighted by Gasteiger charge is 1.84. The molecule has 56 valence electrons. The van der Waals surface area contributed by atoms with Gasteiger partial charge in [0.1, 0.15) is 0 Å². The van der Waals surface area contributed by atoms with E-state index in [-0.39, 0.29) is 0 Å². The third-order valence-electron chi connectivity index (χ3n) is 0.716. The lowest BCUT2D eigenvalue weighted by molar-refractivity contribution is 0.999. The van der Waals surface area contributed by atoms with Crippen LogP contribution < -0.4 is 0 Å². The van der Waals surface area contributed by atoms with Crippen LogP contribution in [0.4, 0.5) is 0 Å². The molecule has 0 bridgehead atoms. The number of rotatable bonds is 4. The van der Waals surface area contributed by atoms with Crippen molar-refractivity contribution in [3.63, 3.8) is 0 Å². The van der Waals surface area contributed by atoms with Crippen LogP contribution in [0, 0.1) is 10.8 Å². The third-order valence-corrected chi connectivity index (χ3v) is 0.716. The average molecular weight is 140 g/mol. The van der Waals surface area contributed by atoms with Crippen LogP contribution in [-0.4, -0.2) is 24.5 Å². The largest absolute Gasteiger partial charge is 0.308 e. The van der Waals surface area contributed by atoms with Crippen molar-refractivity contribution >= 4 is 11.4 Å².